The number of hydrogen-bond donors (Lipinski definition) is 0. The first-order chi connectivity index (χ1) is 9.45. The van der Waals surface area contributed by atoms with Crippen molar-refractivity contribution in [1.29, 1.82) is 0 Å². The Bertz CT molecular complexity index is 427. The standard InChI is InChI=1S/C11H13NO2.C4H8O2/c1-9(2)14-11(13)8-12-10-6-4-3-5-7-10;1-3-6-4(2)5/h3-9H,1-2H3;3H2,1-2H3. The summed E-state index contributed by atoms with van der Waals surface area (Å²) in [5, 5.41) is 0. The van der Waals surface area contributed by atoms with E-state index < -0.39 is 5.97 Å². The van der Waals surface area contributed by atoms with Gasteiger partial charge in [-0.05, 0) is 32.9 Å². The van der Waals surface area contributed by atoms with Crippen LogP contribution < -0.4 is 0 Å². The van der Waals surface area contributed by atoms with Crippen LogP contribution in [0.4, 0.5) is 5.69 Å². The first kappa shape index (κ1) is 17.8. The highest BCUT2D eigenvalue weighted by atomic mass is 16.5. The van der Waals surface area contributed by atoms with Gasteiger partial charge in [0.1, 0.15) is 6.21 Å². The highest BCUT2D eigenvalue weighted by molar-refractivity contribution is 6.23. The van der Waals surface area contributed by atoms with Crippen LogP contribution in [0.1, 0.15) is 27.7 Å². The Kier molecular flexibility index (Phi) is 9.56. The van der Waals surface area contributed by atoms with E-state index in [4.69, 9.17) is 4.74 Å². The lowest BCUT2D eigenvalue weighted by molar-refractivity contribution is -0.140. The summed E-state index contributed by atoms with van der Waals surface area (Å²) in [5.74, 6) is -0.624. The van der Waals surface area contributed by atoms with Gasteiger partial charge in [-0.2, -0.15) is 0 Å². The lowest BCUT2D eigenvalue weighted by Gasteiger charge is -2.03. The average Bonchev–Trinajstić information content (AvgIpc) is 2.37. The monoisotopic (exact) mass is 279 g/mol. The van der Waals surface area contributed by atoms with E-state index in [0.717, 1.165) is 5.69 Å². The van der Waals surface area contributed by atoms with Gasteiger partial charge in [0, 0.05) is 6.92 Å². The third kappa shape index (κ3) is 11.0. The summed E-state index contributed by atoms with van der Waals surface area (Å²) in [5.41, 5.74) is 0.744. The second kappa shape index (κ2) is 10.7. The SMILES string of the molecule is CC(C)OC(=O)C=Nc1ccccc1.CCOC(C)=O. The van der Waals surface area contributed by atoms with Crippen LogP contribution in [0.5, 0.6) is 0 Å². The van der Waals surface area contributed by atoms with Gasteiger partial charge in [0.25, 0.3) is 0 Å². The van der Waals surface area contributed by atoms with Gasteiger partial charge in [-0.25, -0.2) is 9.79 Å². The van der Waals surface area contributed by atoms with E-state index in [1.807, 2.05) is 30.3 Å². The Labute approximate surface area is 119 Å². The fourth-order valence-corrected chi connectivity index (χ4v) is 1.11. The molecule has 0 aliphatic carbocycles. The number of carbonyl (C=O) groups excluding carboxylic acids is 2. The quantitative estimate of drug-likeness (QED) is 0.628. The molecule has 5 nitrogen and oxygen atoms in total. The number of rotatable bonds is 4. The van der Waals surface area contributed by atoms with Crippen LogP contribution in [0.2, 0.25) is 0 Å². The number of ether oxygens (including phenoxy) is 2. The average molecular weight is 279 g/mol. The van der Waals surface area contributed by atoms with Crippen molar-refractivity contribution in [3.63, 3.8) is 0 Å². The van der Waals surface area contributed by atoms with Gasteiger partial charge in [-0.15, -0.1) is 0 Å². The van der Waals surface area contributed by atoms with Crippen LogP contribution in [0, 0.1) is 0 Å². The van der Waals surface area contributed by atoms with Crippen LogP contribution in [0.15, 0.2) is 35.3 Å². The van der Waals surface area contributed by atoms with E-state index in [1.165, 1.54) is 13.1 Å². The van der Waals surface area contributed by atoms with Gasteiger partial charge in [0.2, 0.25) is 0 Å². The Morgan fingerprint density at radius 1 is 1.25 bits per heavy atom. The lowest BCUT2D eigenvalue weighted by Crippen LogP contribution is -2.11. The molecular weight excluding hydrogens is 258 g/mol. The number of nitrogens with zero attached hydrogens (tertiary/aromatic N) is 1. The summed E-state index contributed by atoms with van der Waals surface area (Å²) < 4.78 is 9.29. The van der Waals surface area contributed by atoms with Gasteiger partial charge in [0.05, 0.1) is 18.4 Å². The van der Waals surface area contributed by atoms with E-state index in [1.54, 1.807) is 20.8 Å². The number of para-hydroxylation sites is 1. The molecule has 0 aromatic heterocycles. The molecule has 0 bridgehead atoms. The number of esters is 2. The molecule has 0 N–H and O–H groups in total. The highest BCUT2D eigenvalue weighted by Gasteiger charge is 2.00. The maximum atomic E-state index is 11.1. The molecule has 5 heteroatoms. The van der Waals surface area contributed by atoms with Crippen LogP contribution in [-0.4, -0.2) is 30.9 Å². The van der Waals surface area contributed by atoms with Crippen LogP contribution in [-0.2, 0) is 19.1 Å². The van der Waals surface area contributed by atoms with Crippen molar-refractivity contribution >= 4 is 23.8 Å². The van der Waals surface area contributed by atoms with Crippen molar-refractivity contribution in [2.45, 2.75) is 33.8 Å². The van der Waals surface area contributed by atoms with Crippen molar-refractivity contribution in [2.75, 3.05) is 6.61 Å². The summed E-state index contributed by atoms with van der Waals surface area (Å²) in [4.78, 5) is 24.8. The number of carbonyl (C=O) groups is 2. The maximum Gasteiger partial charge on any atom is 0.349 e. The maximum absolute atomic E-state index is 11.1. The Balaban J connectivity index is 0.000000511. The van der Waals surface area contributed by atoms with Gasteiger partial charge < -0.3 is 9.47 Å². The third-order valence-electron chi connectivity index (χ3n) is 1.77. The summed E-state index contributed by atoms with van der Waals surface area (Å²) in [6, 6.07) is 9.25. The third-order valence-corrected chi connectivity index (χ3v) is 1.77. The molecule has 110 valence electrons. The normalized spacial score (nSPS) is 9.85. The minimum atomic E-state index is -0.413. The minimum Gasteiger partial charge on any atom is -0.466 e. The molecule has 0 amide bonds. The molecule has 0 saturated carbocycles. The molecule has 0 spiro atoms. The fourth-order valence-electron chi connectivity index (χ4n) is 1.11. The molecule has 0 fully saturated rings. The number of hydrogen-bond acceptors (Lipinski definition) is 5. The molecular formula is C15H21NO4. The van der Waals surface area contributed by atoms with Crippen LogP contribution in [0.25, 0.3) is 0 Å². The van der Waals surface area contributed by atoms with Crippen molar-refractivity contribution in [1.82, 2.24) is 0 Å². The molecule has 0 aliphatic heterocycles. The fraction of sp³-hybridized carbons (Fsp3) is 0.400. The van der Waals surface area contributed by atoms with Gasteiger partial charge in [-0.3, -0.25) is 4.79 Å². The zero-order chi connectivity index (χ0) is 15.4. The molecule has 20 heavy (non-hydrogen) atoms. The number of benzene rings is 1. The summed E-state index contributed by atoms with van der Waals surface area (Å²) in [7, 11) is 0. The van der Waals surface area contributed by atoms with E-state index in [2.05, 4.69) is 9.73 Å². The van der Waals surface area contributed by atoms with Crippen molar-refractivity contribution < 1.29 is 19.1 Å². The molecule has 0 unspecified atom stereocenters. The van der Waals surface area contributed by atoms with E-state index in [9.17, 15) is 9.59 Å². The van der Waals surface area contributed by atoms with Crippen molar-refractivity contribution in [3.8, 4) is 0 Å². The molecule has 0 heterocycles. The molecule has 1 aromatic carbocycles. The first-order valence-corrected chi connectivity index (χ1v) is 6.38. The van der Waals surface area contributed by atoms with E-state index >= 15 is 0 Å². The molecule has 0 saturated heterocycles. The molecule has 0 radical (unpaired) electrons. The topological polar surface area (TPSA) is 65.0 Å². The number of aliphatic imine (C=N–C) groups is 1. The Hall–Kier alpha value is -2.17. The summed E-state index contributed by atoms with van der Waals surface area (Å²) in [6.45, 7) is 7.25. The zero-order valence-electron chi connectivity index (χ0n) is 12.3. The summed E-state index contributed by atoms with van der Waals surface area (Å²) in [6.07, 6.45) is 1.08. The van der Waals surface area contributed by atoms with Crippen LogP contribution in [0.3, 0.4) is 0 Å². The zero-order valence-corrected chi connectivity index (χ0v) is 12.3. The molecule has 1 aromatic rings. The predicted molar refractivity (Wildman–Crippen MR) is 78.1 cm³/mol. The minimum absolute atomic E-state index is 0.107. The van der Waals surface area contributed by atoms with Gasteiger partial charge in [-0.1, -0.05) is 18.2 Å². The summed E-state index contributed by atoms with van der Waals surface area (Å²) >= 11 is 0. The van der Waals surface area contributed by atoms with Crippen molar-refractivity contribution in [2.24, 2.45) is 4.99 Å². The predicted octanol–water partition coefficient (Wildman–Crippen LogP) is 2.91. The highest BCUT2D eigenvalue weighted by Crippen LogP contribution is 2.08. The molecule has 0 atom stereocenters. The first-order valence-electron chi connectivity index (χ1n) is 6.38. The van der Waals surface area contributed by atoms with Crippen molar-refractivity contribution in [3.05, 3.63) is 30.3 Å². The Morgan fingerprint density at radius 3 is 2.25 bits per heavy atom. The molecule has 0 aliphatic rings. The second-order valence-electron chi connectivity index (χ2n) is 4.00. The van der Waals surface area contributed by atoms with Gasteiger partial charge >= 0.3 is 11.9 Å². The van der Waals surface area contributed by atoms with E-state index in [-0.39, 0.29) is 12.1 Å². The largest absolute Gasteiger partial charge is 0.466 e. The molecule has 1 rings (SSSR count). The van der Waals surface area contributed by atoms with Crippen LogP contribution >= 0.6 is 0 Å². The Morgan fingerprint density at radius 2 is 1.85 bits per heavy atom. The van der Waals surface area contributed by atoms with Gasteiger partial charge in [0.15, 0.2) is 0 Å². The lowest BCUT2D eigenvalue weighted by atomic mass is 10.3. The second-order valence-corrected chi connectivity index (χ2v) is 4.00. The van der Waals surface area contributed by atoms with E-state index in [0.29, 0.717) is 6.61 Å². The smallest absolute Gasteiger partial charge is 0.349 e.